The fraction of sp³-hybridized carbons (Fsp3) is 0.231. The van der Waals surface area contributed by atoms with Crippen LogP contribution >= 0.6 is 23.1 Å². The Balaban J connectivity index is 1.81. The fourth-order valence-electron chi connectivity index (χ4n) is 1.30. The van der Waals surface area contributed by atoms with Crippen molar-refractivity contribution in [2.45, 2.75) is 11.5 Å². The molecule has 0 radical (unpaired) electrons. The highest BCUT2D eigenvalue weighted by Crippen LogP contribution is 2.23. The van der Waals surface area contributed by atoms with Gasteiger partial charge in [0.15, 0.2) is 0 Å². The Kier molecular flexibility index (Phi) is 4.75. The molecule has 2 nitrogen and oxygen atoms in total. The van der Waals surface area contributed by atoms with Gasteiger partial charge in [0.1, 0.15) is 12.4 Å². The second-order valence-electron chi connectivity index (χ2n) is 3.30. The quantitative estimate of drug-likeness (QED) is 0.861. The largest absolute Gasteiger partial charge is 0.468 e. The summed E-state index contributed by atoms with van der Waals surface area (Å²) in [5.41, 5.74) is 0. The summed E-state index contributed by atoms with van der Waals surface area (Å²) in [6.45, 7) is -0.0829. The molecule has 0 amide bonds. The first-order chi connectivity index (χ1) is 8.38. The van der Waals surface area contributed by atoms with Crippen LogP contribution in [0.5, 0.6) is 0 Å². The van der Waals surface area contributed by atoms with Gasteiger partial charge < -0.3 is 9.52 Å². The van der Waals surface area contributed by atoms with E-state index in [1.165, 1.54) is 4.88 Å². The zero-order chi connectivity index (χ0) is 11.9. The van der Waals surface area contributed by atoms with E-state index in [2.05, 4.69) is 17.9 Å². The SMILES string of the molecule is OCC#Cc1ccc(CSCc2ccco2)s1. The smallest absolute Gasteiger partial charge is 0.113 e. The van der Waals surface area contributed by atoms with Gasteiger partial charge in [-0.15, -0.1) is 23.1 Å². The normalized spacial score (nSPS) is 9.94. The summed E-state index contributed by atoms with van der Waals surface area (Å²) in [5, 5.41) is 8.60. The number of thiophene rings is 1. The van der Waals surface area contributed by atoms with Crippen LogP contribution in [0.25, 0.3) is 0 Å². The third-order valence-electron chi connectivity index (χ3n) is 2.02. The number of furan rings is 1. The van der Waals surface area contributed by atoms with E-state index in [0.29, 0.717) is 0 Å². The van der Waals surface area contributed by atoms with Crippen molar-refractivity contribution in [2.24, 2.45) is 0 Å². The second-order valence-corrected chi connectivity index (χ2v) is 5.45. The Morgan fingerprint density at radius 3 is 3.00 bits per heavy atom. The topological polar surface area (TPSA) is 33.4 Å². The highest BCUT2D eigenvalue weighted by molar-refractivity contribution is 7.97. The molecule has 2 rings (SSSR count). The number of hydrogen-bond acceptors (Lipinski definition) is 4. The Morgan fingerprint density at radius 2 is 2.24 bits per heavy atom. The summed E-state index contributed by atoms with van der Waals surface area (Å²) in [6, 6.07) is 7.97. The predicted octanol–water partition coefficient (Wildman–Crippen LogP) is 3.12. The minimum atomic E-state index is -0.0829. The molecule has 0 aliphatic rings. The van der Waals surface area contributed by atoms with E-state index in [0.717, 1.165) is 22.1 Å². The molecule has 2 heterocycles. The summed E-state index contributed by atoms with van der Waals surface area (Å²) in [7, 11) is 0. The molecule has 0 unspecified atom stereocenters. The molecule has 1 N–H and O–H groups in total. The molecule has 0 spiro atoms. The molecular formula is C13H12O2S2. The second kappa shape index (κ2) is 6.55. The Hall–Kier alpha value is -1.15. The van der Waals surface area contributed by atoms with Crippen molar-refractivity contribution in [2.75, 3.05) is 6.61 Å². The van der Waals surface area contributed by atoms with Crippen LogP contribution in [0.2, 0.25) is 0 Å². The molecule has 4 heteroatoms. The van der Waals surface area contributed by atoms with Crippen LogP contribution in [0.4, 0.5) is 0 Å². The molecule has 2 aromatic rings. The molecule has 0 saturated carbocycles. The zero-order valence-electron chi connectivity index (χ0n) is 9.18. The van der Waals surface area contributed by atoms with E-state index >= 15 is 0 Å². The van der Waals surface area contributed by atoms with E-state index in [-0.39, 0.29) is 6.61 Å². The summed E-state index contributed by atoms with van der Waals surface area (Å²) in [6.07, 6.45) is 1.70. The van der Waals surface area contributed by atoms with Crippen LogP contribution in [-0.2, 0) is 11.5 Å². The van der Waals surface area contributed by atoms with Crippen molar-refractivity contribution in [3.63, 3.8) is 0 Å². The van der Waals surface area contributed by atoms with Gasteiger partial charge in [0, 0.05) is 10.6 Å². The Morgan fingerprint density at radius 1 is 1.29 bits per heavy atom. The molecule has 0 bridgehead atoms. The van der Waals surface area contributed by atoms with Gasteiger partial charge in [-0.05, 0) is 24.3 Å². The van der Waals surface area contributed by atoms with Crippen molar-refractivity contribution >= 4 is 23.1 Å². The molecule has 88 valence electrons. The molecule has 0 saturated heterocycles. The molecule has 0 atom stereocenters. The molecular weight excluding hydrogens is 252 g/mol. The Labute approximate surface area is 109 Å². The lowest BCUT2D eigenvalue weighted by Crippen LogP contribution is -1.76. The fourth-order valence-corrected chi connectivity index (χ4v) is 3.22. The van der Waals surface area contributed by atoms with E-state index in [1.54, 1.807) is 17.6 Å². The Bertz CT molecular complexity index is 503. The van der Waals surface area contributed by atoms with Gasteiger partial charge in [-0.25, -0.2) is 0 Å². The zero-order valence-corrected chi connectivity index (χ0v) is 10.8. The highest BCUT2D eigenvalue weighted by Gasteiger charge is 2.00. The molecule has 0 fully saturated rings. The lowest BCUT2D eigenvalue weighted by molar-refractivity contribution is 0.350. The van der Waals surface area contributed by atoms with Gasteiger partial charge in [-0.1, -0.05) is 11.8 Å². The summed E-state index contributed by atoms with van der Waals surface area (Å²) >= 11 is 3.49. The van der Waals surface area contributed by atoms with Gasteiger partial charge in [0.05, 0.1) is 16.9 Å². The van der Waals surface area contributed by atoms with Crippen molar-refractivity contribution in [1.29, 1.82) is 0 Å². The predicted molar refractivity (Wildman–Crippen MR) is 72.0 cm³/mol. The average molecular weight is 264 g/mol. The maximum Gasteiger partial charge on any atom is 0.113 e. The first-order valence-electron chi connectivity index (χ1n) is 5.17. The molecule has 0 aromatic carbocycles. The number of rotatable bonds is 4. The van der Waals surface area contributed by atoms with Crippen LogP contribution in [0, 0.1) is 11.8 Å². The summed E-state index contributed by atoms with van der Waals surface area (Å²) in [4.78, 5) is 2.30. The molecule has 2 aromatic heterocycles. The molecule has 0 aliphatic carbocycles. The van der Waals surface area contributed by atoms with Gasteiger partial charge in [0.2, 0.25) is 0 Å². The maximum absolute atomic E-state index is 8.60. The van der Waals surface area contributed by atoms with E-state index in [9.17, 15) is 0 Å². The highest BCUT2D eigenvalue weighted by atomic mass is 32.2. The van der Waals surface area contributed by atoms with Crippen molar-refractivity contribution in [1.82, 2.24) is 0 Å². The van der Waals surface area contributed by atoms with E-state index < -0.39 is 0 Å². The number of aliphatic hydroxyl groups is 1. The van der Waals surface area contributed by atoms with Crippen molar-refractivity contribution in [3.05, 3.63) is 46.0 Å². The lowest BCUT2D eigenvalue weighted by atomic mass is 10.4. The monoisotopic (exact) mass is 264 g/mol. The average Bonchev–Trinajstić information content (AvgIpc) is 2.98. The number of hydrogen-bond donors (Lipinski definition) is 1. The minimum absolute atomic E-state index is 0.0829. The third-order valence-corrected chi connectivity index (χ3v) is 4.21. The van der Waals surface area contributed by atoms with Gasteiger partial charge in [-0.2, -0.15) is 0 Å². The summed E-state index contributed by atoms with van der Waals surface area (Å²) < 4.78 is 5.26. The van der Waals surface area contributed by atoms with Gasteiger partial charge in [0.25, 0.3) is 0 Å². The standard InChI is InChI=1S/C13H12O2S2/c14-7-1-4-12-5-6-13(17-12)10-16-9-11-3-2-8-15-11/h2-3,5-6,8,14H,7,9-10H2. The molecule has 17 heavy (non-hydrogen) atoms. The van der Waals surface area contributed by atoms with Crippen molar-refractivity contribution in [3.8, 4) is 11.8 Å². The maximum atomic E-state index is 8.60. The summed E-state index contributed by atoms with van der Waals surface area (Å²) in [5.74, 6) is 8.42. The van der Waals surface area contributed by atoms with E-state index in [1.807, 2.05) is 30.0 Å². The van der Waals surface area contributed by atoms with Crippen LogP contribution in [0.1, 0.15) is 15.5 Å². The third kappa shape index (κ3) is 3.97. The minimum Gasteiger partial charge on any atom is -0.468 e. The molecule has 0 aliphatic heterocycles. The lowest BCUT2D eigenvalue weighted by Gasteiger charge is -1.95. The first-order valence-corrected chi connectivity index (χ1v) is 7.14. The number of thioether (sulfide) groups is 1. The van der Waals surface area contributed by atoms with Crippen LogP contribution in [0.15, 0.2) is 34.9 Å². The van der Waals surface area contributed by atoms with Crippen molar-refractivity contribution < 1.29 is 9.52 Å². The first kappa shape index (κ1) is 12.3. The van der Waals surface area contributed by atoms with Crippen LogP contribution in [0.3, 0.4) is 0 Å². The van der Waals surface area contributed by atoms with Crippen LogP contribution < -0.4 is 0 Å². The number of aliphatic hydroxyl groups excluding tert-OH is 1. The van der Waals surface area contributed by atoms with Gasteiger partial charge in [-0.3, -0.25) is 0 Å². The van der Waals surface area contributed by atoms with E-state index in [4.69, 9.17) is 9.52 Å². The van der Waals surface area contributed by atoms with Crippen LogP contribution in [-0.4, -0.2) is 11.7 Å². The van der Waals surface area contributed by atoms with Gasteiger partial charge >= 0.3 is 0 Å².